The molecule has 0 bridgehead atoms. The number of carbonyl (C=O) groups excluding carboxylic acids is 1. The zero-order chi connectivity index (χ0) is 21.5. The molecule has 154 valence electrons. The zero-order valence-corrected chi connectivity index (χ0v) is 18.0. The molecule has 0 aliphatic carbocycles. The van der Waals surface area contributed by atoms with Gasteiger partial charge in [-0.1, -0.05) is 24.3 Å². The van der Waals surface area contributed by atoms with Crippen molar-refractivity contribution in [2.24, 2.45) is 4.99 Å². The third kappa shape index (κ3) is 4.66. The second kappa shape index (κ2) is 9.99. The predicted molar refractivity (Wildman–Crippen MR) is 119 cm³/mol. The van der Waals surface area contributed by atoms with Gasteiger partial charge in [0.2, 0.25) is 0 Å². The molecular weight excluding hydrogens is 398 g/mol. The van der Waals surface area contributed by atoms with Crippen molar-refractivity contribution in [2.45, 2.75) is 20.5 Å². The first-order valence-corrected chi connectivity index (χ1v) is 10.5. The lowest BCUT2D eigenvalue weighted by Crippen LogP contribution is -2.28. The van der Waals surface area contributed by atoms with Crippen LogP contribution < -0.4 is 9.47 Å². The number of aliphatic imine (C=N–C) groups is 1. The molecule has 1 heterocycles. The molecule has 1 saturated heterocycles. The van der Waals surface area contributed by atoms with Gasteiger partial charge in [-0.25, -0.2) is 0 Å². The Morgan fingerprint density at radius 2 is 2.00 bits per heavy atom. The predicted octanol–water partition coefficient (Wildman–Crippen LogP) is 4.46. The van der Waals surface area contributed by atoms with Gasteiger partial charge in [-0.05, 0) is 55.4 Å². The minimum atomic E-state index is -0.0397. The van der Waals surface area contributed by atoms with E-state index in [1.807, 2.05) is 56.3 Å². The third-order valence-electron chi connectivity index (χ3n) is 4.50. The first-order valence-electron chi connectivity index (χ1n) is 9.65. The molecule has 0 radical (unpaired) electrons. The van der Waals surface area contributed by atoms with Crippen molar-refractivity contribution in [3.8, 4) is 17.6 Å². The summed E-state index contributed by atoms with van der Waals surface area (Å²) in [5, 5.41) is 9.96. The van der Waals surface area contributed by atoms with Crippen molar-refractivity contribution in [3.63, 3.8) is 0 Å². The van der Waals surface area contributed by atoms with Gasteiger partial charge in [-0.15, -0.1) is 0 Å². The molecule has 0 unspecified atom stereocenters. The fourth-order valence-corrected chi connectivity index (χ4v) is 4.10. The lowest BCUT2D eigenvalue weighted by Gasteiger charge is -2.12. The Bertz CT molecular complexity index is 1040. The Balaban J connectivity index is 1.81. The summed E-state index contributed by atoms with van der Waals surface area (Å²) >= 11 is 1.38. The molecule has 1 aliphatic rings. The monoisotopic (exact) mass is 421 g/mol. The molecule has 0 aromatic heterocycles. The van der Waals surface area contributed by atoms with Gasteiger partial charge in [0.15, 0.2) is 16.7 Å². The molecule has 6 nitrogen and oxygen atoms in total. The average Bonchev–Trinajstić information content (AvgIpc) is 3.07. The van der Waals surface area contributed by atoms with Gasteiger partial charge in [-0.3, -0.25) is 14.7 Å². The van der Waals surface area contributed by atoms with Gasteiger partial charge in [0.05, 0.1) is 23.6 Å². The largest absolute Gasteiger partial charge is 0.493 e. The third-order valence-corrected chi connectivity index (χ3v) is 5.55. The summed E-state index contributed by atoms with van der Waals surface area (Å²) < 4.78 is 11.4. The fourth-order valence-electron chi connectivity index (χ4n) is 3.00. The number of rotatable bonds is 7. The van der Waals surface area contributed by atoms with Gasteiger partial charge >= 0.3 is 0 Å². The fraction of sp³-hybridized carbons (Fsp3) is 0.261. The van der Waals surface area contributed by atoms with E-state index in [1.54, 1.807) is 18.1 Å². The topological polar surface area (TPSA) is 74.9 Å². The number of amides is 1. The Hall–Kier alpha value is -3.24. The number of ether oxygens (including phenoxy) is 2. The number of carbonyl (C=O) groups is 1. The van der Waals surface area contributed by atoms with Crippen LogP contribution in [0.2, 0.25) is 0 Å². The molecule has 2 aromatic rings. The number of hydrogen-bond acceptors (Lipinski definition) is 6. The second-order valence-corrected chi connectivity index (χ2v) is 7.39. The highest BCUT2D eigenvalue weighted by Gasteiger charge is 2.31. The zero-order valence-electron chi connectivity index (χ0n) is 17.2. The lowest BCUT2D eigenvalue weighted by atomic mass is 10.1. The Kier molecular flexibility index (Phi) is 7.15. The van der Waals surface area contributed by atoms with Crippen LogP contribution in [0.25, 0.3) is 6.08 Å². The molecule has 30 heavy (non-hydrogen) atoms. The van der Waals surface area contributed by atoms with Gasteiger partial charge in [0, 0.05) is 18.7 Å². The van der Waals surface area contributed by atoms with E-state index in [-0.39, 0.29) is 12.5 Å². The van der Waals surface area contributed by atoms with E-state index < -0.39 is 0 Å². The highest BCUT2D eigenvalue weighted by atomic mass is 32.2. The van der Waals surface area contributed by atoms with Crippen LogP contribution in [0.4, 0.5) is 0 Å². The number of benzene rings is 2. The maximum absolute atomic E-state index is 12.6. The number of methoxy groups -OCH3 is 1. The number of likely N-dealkylation sites (N-methyl/N-ethyl adjacent to an activating group) is 1. The second-order valence-electron chi connectivity index (χ2n) is 6.38. The molecule has 7 heteroatoms. The number of nitrogens with zero attached hydrogens (tertiary/aromatic N) is 3. The molecule has 0 N–H and O–H groups in total. The smallest absolute Gasteiger partial charge is 0.266 e. The first kappa shape index (κ1) is 21.5. The Morgan fingerprint density at radius 1 is 1.20 bits per heavy atom. The molecule has 0 atom stereocenters. The van der Waals surface area contributed by atoms with Crippen molar-refractivity contribution in [3.05, 3.63) is 64.1 Å². The minimum Gasteiger partial charge on any atom is -0.493 e. The van der Waals surface area contributed by atoms with Crippen LogP contribution in [0, 0.1) is 11.3 Å². The van der Waals surface area contributed by atoms with Crippen LogP contribution in [-0.4, -0.2) is 36.2 Å². The van der Waals surface area contributed by atoms with E-state index in [0.29, 0.717) is 35.1 Å². The van der Waals surface area contributed by atoms with E-state index in [9.17, 15) is 10.1 Å². The quantitative estimate of drug-likeness (QED) is 0.617. The number of thioether (sulfide) groups is 1. The summed E-state index contributed by atoms with van der Waals surface area (Å²) in [6.45, 7) is 5.37. The normalized spacial score (nSPS) is 16.2. The van der Waals surface area contributed by atoms with Crippen molar-refractivity contribution in [1.82, 2.24) is 4.90 Å². The van der Waals surface area contributed by atoms with Crippen LogP contribution in [-0.2, 0) is 11.4 Å². The van der Waals surface area contributed by atoms with Crippen molar-refractivity contribution < 1.29 is 14.3 Å². The van der Waals surface area contributed by atoms with Crippen molar-refractivity contribution >= 4 is 28.9 Å². The molecule has 0 spiro atoms. The SMILES string of the molecule is CCN=C1S/C(=C\c2ccc(OCc3ccccc3C#N)c(OC)c2)C(=O)N1CC. The lowest BCUT2D eigenvalue weighted by molar-refractivity contribution is -0.122. The van der Waals surface area contributed by atoms with Gasteiger partial charge in [-0.2, -0.15) is 5.26 Å². The number of hydrogen-bond donors (Lipinski definition) is 0. The summed E-state index contributed by atoms with van der Waals surface area (Å²) in [7, 11) is 1.57. The molecule has 1 amide bonds. The molecular formula is C23H23N3O3S. The summed E-state index contributed by atoms with van der Waals surface area (Å²) in [5.74, 6) is 1.09. The van der Waals surface area contributed by atoms with E-state index in [4.69, 9.17) is 9.47 Å². The van der Waals surface area contributed by atoms with Gasteiger partial charge in [0.1, 0.15) is 6.61 Å². The maximum atomic E-state index is 12.6. The maximum Gasteiger partial charge on any atom is 0.266 e. The number of amidine groups is 1. The molecule has 1 fully saturated rings. The van der Waals surface area contributed by atoms with Crippen LogP contribution in [0.5, 0.6) is 11.5 Å². The van der Waals surface area contributed by atoms with E-state index in [0.717, 1.165) is 16.3 Å². The summed E-state index contributed by atoms with van der Waals surface area (Å²) in [6, 6.07) is 15.0. The number of nitriles is 1. The molecule has 1 aliphatic heterocycles. The van der Waals surface area contributed by atoms with Crippen molar-refractivity contribution in [1.29, 1.82) is 5.26 Å². The first-order chi connectivity index (χ1) is 14.6. The molecule has 3 rings (SSSR count). The van der Waals surface area contributed by atoms with E-state index in [2.05, 4.69) is 11.1 Å². The van der Waals surface area contributed by atoms with Crippen LogP contribution in [0.3, 0.4) is 0 Å². The van der Waals surface area contributed by atoms with Crippen LogP contribution >= 0.6 is 11.8 Å². The highest BCUT2D eigenvalue weighted by molar-refractivity contribution is 8.18. The minimum absolute atomic E-state index is 0.0397. The van der Waals surface area contributed by atoms with Crippen LogP contribution in [0.1, 0.15) is 30.5 Å². The van der Waals surface area contributed by atoms with Gasteiger partial charge < -0.3 is 9.47 Å². The highest BCUT2D eigenvalue weighted by Crippen LogP contribution is 2.35. The average molecular weight is 422 g/mol. The Labute approximate surface area is 180 Å². The standard InChI is InChI=1S/C23H23N3O3S/c1-4-25-23-26(5-2)22(27)21(30-23)13-16-10-11-19(20(12-16)28-3)29-15-18-9-7-6-8-17(18)14-24/h6-13H,4-5,15H2,1-3H3/b21-13-,25-23?. The summed E-state index contributed by atoms with van der Waals surface area (Å²) in [5.41, 5.74) is 2.23. The molecule has 0 saturated carbocycles. The summed E-state index contributed by atoms with van der Waals surface area (Å²) in [4.78, 5) is 19.4. The Morgan fingerprint density at radius 3 is 2.70 bits per heavy atom. The van der Waals surface area contributed by atoms with E-state index >= 15 is 0 Å². The van der Waals surface area contributed by atoms with Gasteiger partial charge in [0.25, 0.3) is 5.91 Å². The molecule has 2 aromatic carbocycles. The summed E-state index contributed by atoms with van der Waals surface area (Å²) in [6.07, 6.45) is 1.84. The van der Waals surface area contributed by atoms with E-state index in [1.165, 1.54) is 11.8 Å². The van der Waals surface area contributed by atoms with Crippen molar-refractivity contribution in [2.75, 3.05) is 20.2 Å². The van der Waals surface area contributed by atoms with Crippen LogP contribution in [0.15, 0.2) is 52.4 Å².